The van der Waals surface area contributed by atoms with Crippen molar-refractivity contribution in [2.24, 2.45) is 5.92 Å². The van der Waals surface area contributed by atoms with Gasteiger partial charge < -0.3 is 14.7 Å². The molecule has 1 aliphatic heterocycles. The lowest BCUT2D eigenvalue weighted by molar-refractivity contribution is -0.130. The predicted molar refractivity (Wildman–Crippen MR) is 141 cm³/mol. The maximum absolute atomic E-state index is 13.5. The smallest absolute Gasteiger partial charge is 0.232 e. The van der Waals surface area contributed by atoms with Gasteiger partial charge in [0.25, 0.3) is 0 Å². The zero-order valence-electron chi connectivity index (χ0n) is 20.8. The summed E-state index contributed by atoms with van der Waals surface area (Å²) in [7, 11) is 0. The number of carbonyl (C=O) groups excluding carboxylic acids is 1. The molecule has 1 aliphatic rings. The Bertz CT molecular complexity index is 1220. The number of aliphatic hydroxyl groups is 1. The Hall–Kier alpha value is -3.77. The zero-order valence-corrected chi connectivity index (χ0v) is 20.8. The molecular formula is C31H31F2NO3. The van der Waals surface area contributed by atoms with Gasteiger partial charge in [0, 0.05) is 5.69 Å². The van der Waals surface area contributed by atoms with Crippen LogP contribution in [0.3, 0.4) is 0 Å². The molecule has 3 aromatic rings. The summed E-state index contributed by atoms with van der Waals surface area (Å²) in [5.41, 5.74) is 2.34. The lowest BCUT2D eigenvalue weighted by atomic mass is 9.80. The number of ether oxygens (including phenoxy) is 1. The molecule has 3 aromatic carbocycles. The Morgan fingerprint density at radius 1 is 1.00 bits per heavy atom. The molecule has 0 aromatic heterocycles. The van der Waals surface area contributed by atoms with Crippen molar-refractivity contribution in [2.45, 2.75) is 44.9 Å². The summed E-state index contributed by atoms with van der Waals surface area (Å²) >= 11 is 0. The number of carbonyl (C=O) groups is 1. The molecule has 0 radical (unpaired) electrons. The highest BCUT2D eigenvalue weighted by molar-refractivity contribution is 6.02. The third-order valence-corrected chi connectivity index (χ3v) is 6.65. The van der Waals surface area contributed by atoms with Crippen molar-refractivity contribution in [1.82, 2.24) is 0 Å². The molecular weight excluding hydrogens is 472 g/mol. The van der Waals surface area contributed by atoms with Crippen molar-refractivity contribution < 1.29 is 23.4 Å². The van der Waals surface area contributed by atoms with Crippen LogP contribution in [0.2, 0.25) is 0 Å². The maximum Gasteiger partial charge on any atom is 0.232 e. The molecule has 3 atom stereocenters. The van der Waals surface area contributed by atoms with Gasteiger partial charge in [-0.25, -0.2) is 8.78 Å². The molecule has 1 fully saturated rings. The molecule has 6 heteroatoms. The van der Waals surface area contributed by atoms with E-state index in [0.29, 0.717) is 37.1 Å². The molecule has 0 saturated carbocycles. The Balaban J connectivity index is 1.42. The summed E-state index contributed by atoms with van der Waals surface area (Å²) in [5.74, 6) is -0.335. The van der Waals surface area contributed by atoms with Crippen molar-refractivity contribution >= 4 is 11.6 Å². The van der Waals surface area contributed by atoms with Crippen LogP contribution in [0.5, 0.6) is 0 Å². The molecule has 37 heavy (non-hydrogen) atoms. The first kappa shape index (κ1) is 26.3. The topological polar surface area (TPSA) is 49.8 Å². The minimum absolute atomic E-state index is 0.0529. The van der Waals surface area contributed by atoms with E-state index in [1.165, 1.54) is 24.3 Å². The second-order valence-electron chi connectivity index (χ2n) is 9.11. The first-order valence-electron chi connectivity index (χ1n) is 12.5. The van der Waals surface area contributed by atoms with E-state index >= 15 is 0 Å². The monoisotopic (exact) mass is 503 g/mol. The Labute approximate surface area is 216 Å². The normalized spacial score (nSPS) is 18.6. The molecule has 0 bridgehead atoms. The minimum atomic E-state index is -0.787. The van der Waals surface area contributed by atoms with E-state index in [1.807, 2.05) is 55.5 Å². The van der Waals surface area contributed by atoms with E-state index < -0.39 is 6.10 Å². The van der Waals surface area contributed by atoms with Gasteiger partial charge in [0.15, 0.2) is 0 Å². The number of anilines is 1. The number of hydrogen-bond acceptors (Lipinski definition) is 3. The van der Waals surface area contributed by atoms with Gasteiger partial charge >= 0.3 is 0 Å². The molecule has 1 amide bonds. The molecule has 4 rings (SSSR count). The van der Waals surface area contributed by atoms with Crippen molar-refractivity contribution in [1.29, 1.82) is 0 Å². The third kappa shape index (κ3) is 6.71. The predicted octanol–water partition coefficient (Wildman–Crippen LogP) is 6.88. The van der Waals surface area contributed by atoms with Crippen molar-refractivity contribution in [2.75, 3.05) is 4.90 Å². The highest BCUT2D eigenvalue weighted by Gasteiger charge is 2.46. The average Bonchev–Trinajstić information content (AvgIpc) is 2.92. The van der Waals surface area contributed by atoms with Gasteiger partial charge in [0.1, 0.15) is 24.0 Å². The first-order chi connectivity index (χ1) is 18.0. The van der Waals surface area contributed by atoms with Crippen molar-refractivity contribution in [3.05, 3.63) is 126 Å². The van der Waals surface area contributed by atoms with Crippen LogP contribution in [0, 0.1) is 17.6 Å². The number of amides is 1. The van der Waals surface area contributed by atoms with E-state index in [9.17, 15) is 18.7 Å². The van der Waals surface area contributed by atoms with Crippen LogP contribution >= 0.6 is 0 Å². The molecule has 1 unspecified atom stereocenters. The van der Waals surface area contributed by atoms with Crippen LogP contribution in [0.1, 0.15) is 43.4 Å². The Morgan fingerprint density at radius 3 is 2.30 bits per heavy atom. The molecule has 0 aliphatic carbocycles. The fourth-order valence-corrected chi connectivity index (χ4v) is 4.59. The van der Waals surface area contributed by atoms with E-state index in [4.69, 9.17) is 4.74 Å². The zero-order chi connectivity index (χ0) is 26.2. The summed E-state index contributed by atoms with van der Waals surface area (Å²) in [5, 5.41) is 10.6. The first-order valence-corrected chi connectivity index (χ1v) is 12.5. The number of rotatable bonds is 11. The summed E-state index contributed by atoms with van der Waals surface area (Å²) in [6.07, 6.45) is 6.42. The second kappa shape index (κ2) is 12.5. The van der Waals surface area contributed by atoms with Crippen LogP contribution in [0.25, 0.3) is 0 Å². The highest BCUT2D eigenvalue weighted by Crippen LogP contribution is 2.39. The van der Waals surface area contributed by atoms with E-state index in [1.54, 1.807) is 29.2 Å². The molecule has 1 heterocycles. The standard InChI is InChI=1S/C31H31F2NO3/c1-2-27(37-21-22-7-4-3-5-8-22)9-6-10-29-28(19-20-30(35)23-11-13-24(32)14-12-23)31(36)34(29)26-17-15-25(33)16-18-26/h2-9,11-18,28-30,35H,10,19-21H2,1H3/b9-6-,27-2+/t28-,29?,30-/m1/s1. The van der Waals surface area contributed by atoms with E-state index in [2.05, 4.69) is 0 Å². The van der Waals surface area contributed by atoms with Crippen LogP contribution in [-0.2, 0) is 16.1 Å². The van der Waals surface area contributed by atoms with Gasteiger partial charge in [-0.2, -0.15) is 0 Å². The Kier molecular flexibility index (Phi) is 8.86. The Morgan fingerprint density at radius 2 is 1.65 bits per heavy atom. The second-order valence-corrected chi connectivity index (χ2v) is 9.11. The molecule has 1 saturated heterocycles. The van der Waals surface area contributed by atoms with E-state index in [-0.39, 0.29) is 29.5 Å². The maximum atomic E-state index is 13.5. The van der Waals surface area contributed by atoms with Crippen molar-refractivity contribution in [3.63, 3.8) is 0 Å². The van der Waals surface area contributed by atoms with Crippen LogP contribution in [-0.4, -0.2) is 17.1 Å². The van der Waals surface area contributed by atoms with Gasteiger partial charge in [-0.15, -0.1) is 0 Å². The highest BCUT2D eigenvalue weighted by atomic mass is 19.1. The number of hydrogen-bond donors (Lipinski definition) is 1. The van der Waals surface area contributed by atoms with Gasteiger partial charge in [0.2, 0.25) is 5.91 Å². The number of aliphatic hydroxyl groups excluding tert-OH is 1. The lowest BCUT2D eigenvalue weighted by Crippen LogP contribution is -2.61. The number of benzene rings is 3. The minimum Gasteiger partial charge on any atom is -0.489 e. The molecule has 4 nitrogen and oxygen atoms in total. The quantitative estimate of drug-likeness (QED) is 0.176. The number of halogens is 2. The van der Waals surface area contributed by atoms with Crippen molar-refractivity contribution in [3.8, 4) is 0 Å². The van der Waals surface area contributed by atoms with Gasteiger partial charge in [-0.1, -0.05) is 48.5 Å². The average molecular weight is 504 g/mol. The van der Waals surface area contributed by atoms with E-state index in [0.717, 1.165) is 11.3 Å². The fourth-order valence-electron chi connectivity index (χ4n) is 4.59. The third-order valence-electron chi connectivity index (χ3n) is 6.65. The summed E-state index contributed by atoms with van der Waals surface area (Å²) in [6.45, 7) is 2.36. The number of nitrogens with zero attached hydrogens (tertiary/aromatic N) is 1. The number of β-lactam (4-membered cyclic amide) rings is 1. The van der Waals surface area contributed by atoms with Crippen LogP contribution in [0.4, 0.5) is 14.5 Å². The SMILES string of the molecule is C/C=C(\C=C/CC1[C@@H](CC[C@@H](O)c2ccc(F)cc2)C(=O)N1c1ccc(F)cc1)OCc1ccccc1. The molecule has 1 N–H and O–H groups in total. The van der Waals surface area contributed by atoms with Crippen LogP contribution < -0.4 is 4.90 Å². The number of allylic oxidation sites excluding steroid dienone is 2. The largest absolute Gasteiger partial charge is 0.489 e. The summed E-state index contributed by atoms with van der Waals surface area (Å²) in [6, 6.07) is 21.4. The van der Waals surface area contributed by atoms with Gasteiger partial charge in [0.05, 0.1) is 18.1 Å². The van der Waals surface area contributed by atoms with Gasteiger partial charge in [-0.05, 0) is 85.9 Å². The molecule has 0 spiro atoms. The summed E-state index contributed by atoms with van der Waals surface area (Å²) in [4.78, 5) is 14.8. The van der Waals surface area contributed by atoms with Crippen LogP contribution in [0.15, 0.2) is 103 Å². The van der Waals surface area contributed by atoms with Gasteiger partial charge in [-0.3, -0.25) is 4.79 Å². The fraction of sp³-hybridized carbons (Fsp3) is 0.258. The molecule has 192 valence electrons. The lowest BCUT2D eigenvalue weighted by Gasteiger charge is -2.47. The summed E-state index contributed by atoms with van der Waals surface area (Å²) < 4.78 is 32.6.